The minimum atomic E-state index is 0.960. The van der Waals surface area contributed by atoms with Gasteiger partial charge < -0.3 is 4.57 Å². The molecule has 0 radical (unpaired) electrons. The van der Waals surface area contributed by atoms with Gasteiger partial charge in [-0.1, -0.05) is 127 Å². The van der Waals surface area contributed by atoms with E-state index < -0.39 is 0 Å². The summed E-state index contributed by atoms with van der Waals surface area (Å²) in [4.78, 5) is 5.21. The number of hydrogen-bond acceptors (Lipinski definition) is 3. The third kappa shape index (κ3) is 4.37. The van der Waals surface area contributed by atoms with E-state index in [1.807, 2.05) is 22.7 Å². The lowest BCUT2D eigenvalue weighted by Crippen LogP contribution is -1.95. The molecule has 11 aromatic rings. The van der Waals surface area contributed by atoms with E-state index in [2.05, 4.69) is 174 Å². The summed E-state index contributed by atoms with van der Waals surface area (Å²) in [7, 11) is 0. The van der Waals surface area contributed by atoms with E-state index in [1.54, 1.807) is 0 Å². The number of para-hydroxylation sites is 1. The number of aromatic nitrogens is 2. The van der Waals surface area contributed by atoms with Crippen molar-refractivity contribution in [3.05, 3.63) is 170 Å². The first-order valence-corrected chi connectivity index (χ1v) is 18.8. The maximum absolute atomic E-state index is 5.21. The zero-order valence-electron chi connectivity index (χ0n) is 27.4. The second-order valence-corrected chi connectivity index (χ2v) is 15.2. The van der Waals surface area contributed by atoms with E-state index in [0.29, 0.717) is 0 Å². The highest BCUT2D eigenvalue weighted by Gasteiger charge is 2.24. The molecule has 0 amide bonds. The van der Waals surface area contributed by atoms with E-state index in [0.717, 1.165) is 33.8 Å². The number of benzene rings is 7. The minimum Gasteiger partial charge on any atom is -0.309 e. The lowest BCUT2D eigenvalue weighted by molar-refractivity contribution is 1.19. The van der Waals surface area contributed by atoms with Crippen molar-refractivity contribution in [2.24, 2.45) is 0 Å². The molecule has 4 heterocycles. The Bertz CT molecular complexity index is 3060. The standard InChI is InChI=1S/C47H28N2S2/c1-3-13-29(14-4-1)32-27-37(30-15-5-2-6-16-30)48-38(28-32)31-23-25-33(26-24-31)49-39-20-10-7-17-34(39)42-43-35-18-8-11-21-40(35)50-46(43)47-44(45(42)49)36-19-9-12-22-41(36)51-47/h1-28H. The van der Waals surface area contributed by atoms with Gasteiger partial charge in [-0.15, -0.1) is 22.7 Å². The highest BCUT2D eigenvalue weighted by Crippen LogP contribution is 2.52. The molecule has 11 rings (SSSR count). The molecule has 0 aliphatic rings. The van der Waals surface area contributed by atoms with Gasteiger partial charge in [0.25, 0.3) is 0 Å². The first kappa shape index (κ1) is 28.7. The molecule has 0 spiro atoms. The molecule has 0 aliphatic carbocycles. The number of pyridine rings is 1. The molecule has 0 aliphatic heterocycles. The van der Waals surface area contributed by atoms with E-state index in [1.165, 1.54) is 67.7 Å². The van der Waals surface area contributed by atoms with Crippen LogP contribution in [0.5, 0.6) is 0 Å². The molecular formula is C47H28N2S2. The summed E-state index contributed by atoms with van der Waals surface area (Å²) in [6.45, 7) is 0. The van der Waals surface area contributed by atoms with Gasteiger partial charge in [-0.3, -0.25) is 0 Å². The van der Waals surface area contributed by atoms with Gasteiger partial charge in [0.15, 0.2) is 0 Å². The van der Waals surface area contributed by atoms with Gasteiger partial charge in [-0.05, 0) is 53.6 Å². The summed E-state index contributed by atoms with van der Waals surface area (Å²) in [5.41, 5.74) is 10.1. The van der Waals surface area contributed by atoms with Crippen LogP contribution >= 0.6 is 22.7 Å². The topological polar surface area (TPSA) is 17.8 Å². The fourth-order valence-corrected chi connectivity index (χ4v) is 10.5. The van der Waals surface area contributed by atoms with Crippen molar-refractivity contribution in [1.82, 2.24) is 9.55 Å². The number of thiophene rings is 2. The molecule has 0 fully saturated rings. The molecular weight excluding hydrogens is 657 g/mol. The van der Waals surface area contributed by atoms with Crippen molar-refractivity contribution >= 4 is 84.8 Å². The van der Waals surface area contributed by atoms with E-state index in [4.69, 9.17) is 4.98 Å². The highest BCUT2D eigenvalue weighted by molar-refractivity contribution is 7.33. The predicted molar refractivity (Wildman–Crippen MR) is 221 cm³/mol. The van der Waals surface area contributed by atoms with Crippen molar-refractivity contribution in [2.75, 3.05) is 0 Å². The zero-order valence-corrected chi connectivity index (χ0v) is 29.0. The lowest BCUT2D eigenvalue weighted by Gasteiger charge is -2.13. The Labute approximate surface area is 302 Å². The average Bonchev–Trinajstić information content (AvgIpc) is 3.88. The van der Waals surface area contributed by atoms with Crippen LogP contribution in [0.4, 0.5) is 0 Å². The molecule has 0 bridgehead atoms. The van der Waals surface area contributed by atoms with Crippen LogP contribution in [0.3, 0.4) is 0 Å². The molecule has 0 atom stereocenters. The van der Waals surface area contributed by atoms with Gasteiger partial charge in [-0.25, -0.2) is 4.98 Å². The van der Waals surface area contributed by atoms with Crippen LogP contribution in [0.15, 0.2) is 170 Å². The van der Waals surface area contributed by atoms with Gasteiger partial charge in [0.05, 0.1) is 31.8 Å². The predicted octanol–water partition coefficient (Wildman–Crippen LogP) is 13.9. The summed E-state index contributed by atoms with van der Waals surface area (Å²) >= 11 is 3.85. The monoisotopic (exact) mass is 684 g/mol. The Morgan fingerprint density at radius 1 is 0.392 bits per heavy atom. The van der Waals surface area contributed by atoms with E-state index >= 15 is 0 Å². The maximum Gasteiger partial charge on any atom is 0.0715 e. The number of nitrogens with zero attached hydrogens (tertiary/aromatic N) is 2. The van der Waals surface area contributed by atoms with Crippen LogP contribution < -0.4 is 0 Å². The number of hydrogen-bond donors (Lipinski definition) is 0. The van der Waals surface area contributed by atoms with Gasteiger partial charge in [-0.2, -0.15) is 0 Å². The summed E-state index contributed by atoms with van der Waals surface area (Å²) in [5, 5.41) is 7.98. The fourth-order valence-electron chi connectivity index (χ4n) is 7.91. The summed E-state index contributed by atoms with van der Waals surface area (Å²) < 4.78 is 7.92. The Morgan fingerprint density at radius 3 is 1.57 bits per heavy atom. The third-order valence-electron chi connectivity index (χ3n) is 10.2. The van der Waals surface area contributed by atoms with Crippen LogP contribution in [0.25, 0.3) is 101 Å². The smallest absolute Gasteiger partial charge is 0.0715 e. The summed E-state index contributed by atoms with van der Waals surface area (Å²) in [5.74, 6) is 0. The van der Waals surface area contributed by atoms with Crippen molar-refractivity contribution in [2.45, 2.75) is 0 Å². The van der Waals surface area contributed by atoms with Crippen LogP contribution in [-0.4, -0.2) is 9.55 Å². The molecule has 0 saturated carbocycles. The van der Waals surface area contributed by atoms with Crippen molar-refractivity contribution in [3.63, 3.8) is 0 Å². The first-order valence-electron chi connectivity index (χ1n) is 17.2. The van der Waals surface area contributed by atoms with Crippen LogP contribution in [0.2, 0.25) is 0 Å². The zero-order chi connectivity index (χ0) is 33.5. The minimum absolute atomic E-state index is 0.960. The molecule has 51 heavy (non-hydrogen) atoms. The second-order valence-electron chi connectivity index (χ2n) is 13.1. The largest absolute Gasteiger partial charge is 0.309 e. The van der Waals surface area contributed by atoms with Crippen molar-refractivity contribution in [3.8, 4) is 39.3 Å². The molecule has 4 aromatic heterocycles. The van der Waals surface area contributed by atoms with Crippen LogP contribution in [0.1, 0.15) is 0 Å². The molecule has 4 heteroatoms. The molecule has 2 nitrogen and oxygen atoms in total. The molecule has 238 valence electrons. The quantitative estimate of drug-likeness (QED) is 0.180. The third-order valence-corrected chi connectivity index (χ3v) is 12.7. The summed E-state index contributed by atoms with van der Waals surface area (Å²) in [6, 6.07) is 61.3. The van der Waals surface area contributed by atoms with E-state index in [-0.39, 0.29) is 0 Å². The van der Waals surface area contributed by atoms with Crippen molar-refractivity contribution < 1.29 is 0 Å². The Kier molecular flexibility index (Phi) is 6.32. The number of fused-ring (bicyclic) bond motifs is 12. The van der Waals surface area contributed by atoms with Gasteiger partial charge in [0, 0.05) is 58.5 Å². The molecule has 7 aromatic carbocycles. The highest BCUT2D eigenvalue weighted by atomic mass is 32.1. The van der Waals surface area contributed by atoms with Crippen molar-refractivity contribution in [1.29, 1.82) is 0 Å². The SMILES string of the molecule is c1ccc(-c2cc(-c3ccccc3)nc(-c3ccc(-n4c5ccccc5c5c6c7ccccc7sc6c6sc7ccccc7c6c54)cc3)c2)cc1. The second kappa shape index (κ2) is 11.2. The van der Waals surface area contributed by atoms with Gasteiger partial charge >= 0.3 is 0 Å². The van der Waals surface area contributed by atoms with E-state index in [9.17, 15) is 0 Å². The Morgan fingerprint density at radius 2 is 0.902 bits per heavy atom. The first-order chi connectivity index (χ1) is 25.3. The number of rotatable bonds is 4. The Hall–Kier alpha value is -6.07. The van der Waals surface area contributed by atoms with Gasteiger partial charge in [0.1, 0.15) is 0 Å². The maximum atomic E-state index is 5.21. The summed E-state index contributed by atoms with van der Waals surface area (Å²) in [6.07, 6.45) is 0. The molecule has 0 N–H and O–H groups in total. The van der Waals surface area contributed by atoms with Crippen LogP contribution in [0, 0.1) is 0 Å². The fraction of sp³-hybridized carbons (Fsp3) is 0. The van der Waals surface area contributed by atoms with Crippen LogP contribution in [-0.2, 0) is 0 Å². The average molecular weight is 685 g/mol. The molecule has 0 unspecified atom stereocenters. The normalized spacial score (nSPS) is 11.9. The lowest BCUT2D eigenvalue weighted by atomic mass is 10.00. The molecule has 0 saturated heterocycles. The van der Waals surface area contributed by atoms with Gasteiger partial charge in [0.2, 0.25) is 0 Å². The Balaban J connectivity index is 1.18.